The molecule has 0 bridgehead atoms. The third-order valence-electron chi connectivity index (χ3n) is 3.38. The molecule has 0 atom stereocenters. The molecule has 20 heavy (non-hydrogen) atoms. The summed E-state index contributed by atoms with van der Waals surface area (Å²) in [7, 11) is 1.91. The van der Waals surface area contributed by atoms with Crippen molar-refractivity contribution in [3.8, 4) is 0 Å². The minimum absolute atomic E-state index is 0.196. The van der Waals surface area contributed by atoms with E-state index in [-0.39, 0.29) is 5.82 Å². The molecule has 0 fully saturated rings. The van der Waals surface area contributed by atoms with Crippen molar-refractivity contribution in [2.75, 3.05) is 11.9 Å². The maximum absolute atomic E-state index is 13.7. The van der Waals surface area contributed by atoms with Crippen LogP contribution in [0.15, 0.2) is 30.3 Å². The molecule has 0 aliphatic rings. The Kier molecular flexibility index (Phi) is 4.35. The summed E-state index contributed by atoms with van der Waals surface area (Å²) in [5, 5.41) is 0. The van der Waals surface area contributed by atoms with Gasteiger partial charge in [-0.1, -0.05) is 18.2 Å². The molecular formula is C16H20FN3. The SMILES string of the molecule is Cc1cc(C)c(CN)c(N(C)Cc2ccccc2F)n1. The topological polar surface area (TPSA) is 42.1 Å². The van der Waals surface area contributed by atoms with Crippen LogP contribution in [0.25, 0.3) is 0 Å². The van der Waals surface area contributed by atoms with Crippen molar-refractivity contribution in [2.45, 2.75) is 26.9 Å². The van der Waals surface area contributed by atoms with Gasteiger partial charge >= 0.3 is 0 Å². The lowest BCUT2D eigenvalue weighted by Crippen LogP contribution is -2.22. The van der Waals surface area contributed by atoms with Gasteiger partial charge in [0.1, 0.15) is 11.6 Å². The van der Waals surface area contributed by atoms with E-state index in [0.717, 1.165) is 22.6 Å². The molecule has 0 unspecified atom stereocenters. The summed E-state index contributed by atoms with van der Waals surface area (Å²) in [6.45, 7) is 4.87. The maximum atomic E-state index is 13.7. The summed E-state index contributed by atoms with van der Waals surface area (Å²) in [6.07, 6.45) is 0. The standard InChI is InChI=1S/C16H20FN3/c1-11-8-12(2)19-16(14(11)9-18)20(3)10-13-6-4-5-7-15(13)17/h4-8H,9-10,18H2,1-3H3. The van der Waals surface area contributed by atoms with Crippen molar-refractivity contribution in [1.29, 1.82) is 0 Å². The molecule has 1 aromatic heterocycles. The van der Waals surface area contributed by atoms with Gasteiger partial charge in [0.05, 0.1) is 0 Å². The Hall–Kier alpha value is -1.94. The number of hydrogen-bond donors (Lipinski definition) is 1. The van der Waals surface area contributed by atoms with Gasteiger partial charge in [0.25, 0.3) is 0 Å². The Morgan fingerprint density at radius 2 is 1.95 bits per heavy atom. The zero-order chi connectivity index (χ0) is 14.7. The Balaban J connectivity index is 2.34. The molecule has 2 N–H and O–H groups in total. The molecule has 2 aromatic rings. The fourth-order valence-electron chi connectivity index (χ4n) is 2.37. The van der Waals surface area contributed by atoms with Gasteiger partial charge < -0.3 is 10.6 Å². The van der Waals surface area contributed by atoms with Gasteiger partial charge in [0.15, 0.2) is 0 Å². The third kappa shape index (κ3) is 2.96. The summed E-state index contributed by atoms with van der Waals surface area (Å²) in [6, 6.07) is 8.81. The van der Waals surface area contributed by atoms with Crippen LogP contribution in [0.5, 0.6) is 0 Å². The number of halogens is 1. The van der Waals surface area contributed by atoms with Crippen molar-refractivity contribution in [3.63, 3.8) is 0 Å². The van der Waals surface area contributed by atoms with Crippen molar-refractivity contribution < 1.29 is 4.39 Å². The van der Waals surface area contributed by atoms with Crippen LogP contribution in [0.2, 0.25) is 0 Å². The monoisotopic (exact) mass is 273 g/mol. The summed E-state index contributed by atoms with van der Waals surface area (Å²) in [4.78, 5) is 6.50. The minimum atomic E-state index is -0.196. The molecule has 0 aliphatic heterocycles. The van der Waals surface area contributed by atoms with Crippen molar-refractivity contribution >= 4 is 5.82 Å². The number of nitrogens with two attached hydrogens (primary N) is 1. The first-order chi connectivity index (χ1) is 9.52. The van der Waals surface area contributed by atoms with Crippen LogP contribution in [0, 0.1) is 19.7 Å². The number of aromatic nitrogens is 1. The normalized spacial score (nSPS) is 10.7. The summed E-state index contributed by atoms with van der Waals surface area (Å²) >= 11 is 0. The largest absolute Gasteiger partial charge is 0.355 e. The number of benzene rings is 1. The highest BCUT2D eigenvalue weighted by Gasteiger charge is 2.13. The second-order valence-electron chi connectivity index (χ2n) is 5.03. The van der Waals surface area contributed by atoms with E-state index < -0.39 is 0 Å². The Morgan fingerprint density at radius 3 is 2.60 bits per heavy atom. The van der Waals surface area contributed by atoms with Crippen LogP contribution in [-0.2, 0) is 13.1 Å². The average Bonchev–Trinajstić information content (AvgIpc) is 2.40. The van der Waals surface area contributed by atoms with Gasteiger partial charge in [-0.05, 0) is 31.5 Å². The zero-order valence-corrected chi connectivity index (χ0v) is 12.2. The first-order valence-electron chi connectivity index (χ1n) is 6.64. The van der Waals surface area contributed by atoms with E-state index in [0.29, 0.717) is 18.7 Å². The smallest absolute Gasteiger partial charge is 0.133 e. The fraction of sp³-hybridized carbons (Fsp3) is 0.312. The van der Waals surface area contributed by atoms with Gasteiger partial charge in [-0.25, -0.2) is 9.37 Å². The van der Waals surface area contributed by atoms with Crippen LogP contribution in [0.4, 0.5) is 10.2 Å². The Labute approximate surface area is 119 Å². The maximum Gasteiger partial charge on any atom is 0.133 e. The second kappa shape index (κ2) is 6.01. The second-order valence-corrected chi connectivity index (χ2v) is 5.03. The molecule has 0 amide bonds. The zero-order valence-electron chi connectivity index (χ0n) is 12.2. The highest BCUT2D eigenvalue weighted by molar-refractivity contribution is 5.51. The van der Waals surface area contributed by atoms with Crippen LogP contribution in [-0.4, -0.2) is 12.0 Å². The molecule has 3 nitrogen and oxygen atoms in total. The first-order valence-corrected chi connectivity index (χ1v) is 6.64. The number of pyridine rings is 1. The van der Waals surface area contributed by atoms with Crippen LogP contribution < -0.4 is 10.6 Å². The summed E-state index contributed by atoms with van der Waals surface area (Å²) < 4.78 is 13.7. The lowest BCUT2D eigenvalue weighted by Gasteiger charge is -2.23. The van der Waals surface area contributed by atoms with E-state index in [9.17, 15) is 4.39 Å². The molecule has 0 saturated heterocycles. The Bertz CT molecular complexity index is 611. The number of anilines is 1. The van der Waals surface area contributed by atoms with E-state index in [4.69, 9.17) is 5.73 Å². The van der Waals surface area contributed by atoms with Gasteiger partial charge in [0.2, 0.25) is 0 Å². The minimum Gasteiger partial charge on any atom is -0.355 e. The third-order valence-corrected chi connectivity index (χ3v) is 3.38. The molecular weight excluding hydrogens is 253 g/mol. The molecule has 0 spiro atoms. The molecule has 4 heteroatoms. The average molecular weight is 273 g/mol. The van der Waals surface area contributed by atoms with Crippen LogP contribution in [0.1, 0.15) is 22.4 Å². The summed E-state index contributed by atoms with van der Waals surface area (Å²) in [5.41, 5.74) is 9.54. The highest BCUT2D eigenvalue weighted by atomic mass is 19.1. The van der Waals surface area contributed by atoms with E-state index in [2.05, 4.69) is 4.98 Å². The predicted molar refractivity (Wildman–Crippen MR) is 80.1 cm³/mol. The molecule has 1 heterocycles. The lowest BCUT2D eigenvalue weighted by atomic mass is 10.1. The van der Waals surface area contributed by atoms with Crippen LogP contribution >= 0.6 is 0 Å². The lowest BCUT2D eigenvalue weighted by molar-refractivity contribution is 0.607. The first kappa shape index (κ1) is 14.5. The van der Waals surface area contributed by atoms with Gasteiger partial charge in [-0.2, -0.15) is 0 Å². The molecule has 0 aliphatic carbocycles. The highest BCUT2D eigenvalue weighted by Crippen LogP contribution is 2.23. The van der Waals surface area contributed by atoms with E-state index in [1.807, 2.05) is 37.9 Å². The number of nitrogens with zero attached hydrogens (tertiary/aromatic N) is 2. The predicted octanol–water partition coefficient (Wildman–Crippen LogP) is 2.93. The molecule has 0 saturated carbocycles. The van der Waals surface area contributed by atoms with Crippen LogP contribution in [0.3, 0.4) is 0 Å². The van der Waals surface area contributed by atoms with Crippen molar-refractivity contribution in [3.05, 3.63) is 58.5 Å². The molecule has 0 radical (unpaired) electrons. The number of hydrogen-bond acceptors (Lipinski definition) is 3. The molecule has 1 aromatic carbocycles. The number of aryl methyl sites for hydroxylation is 2. The van der Waals surface area contributed by atoms with Crippen molar-refractivity contribution in [1.82, 2.24) is 4.98 Å². The van der Waals surface area contributed by atoms with E-state index in [1.165, 1.54) is 6.07 Å². The van der Waals surface area contributed by atoms with E-state index in [1.54, 1.807) is 12.1 Å². The quantitative estimate of drug-likeness (QED) is 0.931. The van der Waals surface area contributed by atoms with Gasteiger partial charge in [-0.15, -0.1) is 0 Å². The Morgan fingerprint density at radius 1 is 1.25 bits per heavy atom. The van der Waals surface area contributed by atoms with Gasteiger partial charge in [0, 0.05) is 37.0 Å². The molecule has 2 rings (SSSR count). The summed E-state index contributed by atoms with van der Waals surface area (Å²) in [5.74, 6) is 0.631. The molecule has 106 valence electrons. The van der Waals surface area contributed by atoms with Gasteiger partial charge in [-0.3, -0.25) is 0 Å². The van der Waals surface area contributed by atoms with Crippen molar-refractivity contribution in [2.24, 2.45) is 5.73 Å². The van der Waals surface area contributed by atoms with E-state index >= 15 is 0 Å². The fourth-order valence-corrected chi connectivity index (χ4v) is 2.37. The number of rotatable bonds is 4.